The maximum Gasteiger partial charge on any atom is 0.338 e. The average molecular weight is 412 g/mol. The number of anilines is 2. The number of benzene rings is 2. The van der Waals surface area contributed by atoms with Gasteiger partial charge in [0.25, 0.3) is 5.91 Å². The molecule has 1 saturated heterocycles. The molecule has 2 aromatic carbocycles. The second kappa shape index (κ2) is 9.78. The lowest BCUT2D eigenvalue weighted by molar-refractivity contribution is -0.118. The first-order chi connectivity index (χ1) is 14.5. The van der Waals surface area contributed by atoms with Crippen molar-refractivity contribution in [3.63, 3.8) is 0 Å². The van der Waals surface area contributed by atoms with Crippen LogP contribution in [0.4, 0.5) is 11.4 Å². The van der Waals surface area contributed by atoms with Crippen molar-refractivity contribution in [2.75, 3.05) is 44.1 Å². The van der Waals surface area contributed by atoms with E-state index in [1.807, 2.05) is 24.3 Å². The number of carbonyl (C=O) groups is 3. The molecular formula is C22H24N2O6. The summed E-state index contributed by atoms with van der Waals surface area (Å²) in [5, 5.41) is 2.76. The molecule has 2 aromatic rings. The van der Waals surface area contributed by atoms with Crippen LogP contribution in [0.2, 0.25) is 0 Å². The maximum absolute atomic E-state index is 12.2. The lowest BCUT2D eigenvalue weighted by atomic mass is 10.1. The highest BCUT2D eigenvalue weighted by atomic mass is 16.5. The maximum atomic E-state index is 12.2. The van der Waals surface area contributed by atoms with Gasteiger partial charge < -0.3 is 24.4 Å². The number of methoxy groups -OCH3 is 2. The number of ether oxygens (including phenoxy) is 3. The van der Waals surface area contributed by atoms with Crippen molar-refractivity contribution in [3.05, 3.63) is 53.6 Å². The third-order valence-corrected chi connectivity index (χ3v) is 4.74. The van der Waals surface area contributed by atoms with Crippen LogP contribution in [0.5, 0.6) is 5.75 Å². The number of rotatable bonds is 7. The number of hydrogen-bond acceptors (Lipinski definition) is 7. The Hall–Kier alpha value is -3.55. The fourth-order valence-corrected chi connectivity index (χ4v) is 3.23. The first-order valence-electron chi connectivity index (χ1n) is 9.59. The highest BCUT2D eigenvalue weighted by molar-refractivity contribution is 5.96. The molecule has 158 valence electrons. The highest BCUT2D eigenvalue weighted by Gasteiger charge is 2.16. The van der Waals surface area contributed by atoms with Crippen LogP contribution in [-0.2, 0) is 14.3 Å². The van der Waals surface area contributed by atoms with Gasteiger partial charge >= 0.3 is 11.9 Å². The third-order valence-electron chi connectivity index (χ3n) is 4.74. The van der Waals surface area contributed by atoms with Gasteiger partial charge in [0, 0.05) is 24.5 Å². The second-order valence-electron chi connectivity index (χ2n) is 6.81. The fourth-order valence-electron chi connectivity index (χ4n) is 3.23. The molecule has 30 heavy (non-hydrogen) atoms. The molecule has 1 heterocycles. The van der Waals surface area contributed by atoms with Crippen LogP contribution >= 0.6 is 0 Å². The normalized spacial score (nSPS) is 12.9. The molecule has 0 aromatic heterocycles. The lowest BCUT2D eigenvalue weighted by Crippen LogP contribution is -2.21. The summed E-state index contributed by atoms with van der Waals surface area (Å²) < 4.78 is 14.8. The van der Waals surface area contributed by atoms with Crippen LogP contribution < -0.4 is 15.0 Å². The third kappa shape index (κ3) is 5.28. The molecule has 1 fully saturated rings. The van der Waals surface area contributed by atoms with Gasteiger partial charge in [0.05, 0.1) is 25.3 Å². The Morgan fingerprint density at radius 1 is 0.900 bits per heavy atom. The zero-order valence-electron chi connectivity index (χ0n) is 17.0. The van der Waals surface area contributed by atoms with Crippen molar-refractivity contribution >= 4 is 29.2 Å². The van der Waals surface area contributed by atoms with Crippen molar-refractivity contribution in [2.45, 2.75) is 12.8 Å². The molecule has 1 amide bonds. The van der Waals surface area contributed by atoms with E-state index >= 15 is 0 Å². The lowest BCUT2D eigenvalue weighted by Gasteiger charge is -2.17. The SMILES string of the molecule is COC(=O)c1cc(OCC(=O)Nc2ccc(N3CCCC3)cc2)cc(C(=O)OC)c1. The first kappa shape index (κ1) is 21.2. The number of nitrogens with one attached hydrogen (secondary N) is 1. The molecule has 0 unspecified atom stereocenters. The van der Waals surface area contributed by atoms with Gasteiger partial charge in [-0.3, -0.25) is 4.79 Å². The van der Waals surface area contributed by atoms with Crippen molar-refractivity contribution in [3.8, 4) is 5.75 Å². The van der Waals surface area contributed by atoms with Crippen LogP contribution in [0.3, 0.4) is 0 Å². The summed E-state index contributed by atoms with van der Waals surface area (Å²) >= 11 is 0. The molecule has 0 aliphatic carbocycles. The predicted molar refractivity (Wildman–Crippen MR) is 111 cm³/mol. The van der Waals surface area contributed by atoms with E-state index in [-0.39, 0.29) is 29.4 Å². The van der Waals surface area contributed by atoms with E-state index < -0.39 is 11.9 Å². The van der Waals surface area contributed by atoms with E-state index in [0.717, 1.165) is 18.8 Å². The molecule has 3 rings (SSSR count). The minimum absolute atomic E-state index is 0.119. The van der Waals surface area contributed by atoms with Crippen molar-refractivity contribution in [2.24, 2.45) is 0 Å². The highest BCUT2D eigenvalue weighted by Crippen LogP contribution is 2.22. The minimum Gasteiger partial charge on any atom is -0.484 e. The summed E-state index contributed by atoms with van der Waals surface area (Å²) in [5.74, 6) is -1.45. The summed E-state index contributed by atoms with van der Waals surface area (Å²) in [4.78, 5) is 38.2. The molecule has 1 aliphatic heterocycles. The van der Waals surface area contributed by atoms with Crippen molar-refractivity contribution in [1.29, 1.82) is 0 Å². The van der Waals surface area contributed by atoms with E-state index in [4.69, 9.17) is 4.74 Å². The largest absolute Gasteiger partial charge is 0.484 e. The van der Waals surface area contributed by atoms with Gasteiger partial charge in [-0.05, 0) is 55.3 Å². The van der Waals surface area contributed by atoms with Gasteiger partial charge in [0.1, 0.15) is 5.75 Å². The second-order valence-corrected chi connectivity index (χ2v) is 6.81. The monoisotopic (exact) mass is 412 g/mol. The Labute approximate surface area is 174 Å². The molecular weight excluding hydrogens is 388 g/mol. The molecule has 0 spiro atoms. The smallest absolute Gasteiger partial charge is 0.338 e. The molecule has 0 radical (unpaired) electrons. The molecule has 0 saturated carbocycles. The summed E-state index contributed by atoms with van der Waals surface area (Å²) in [5.41, 5.74) is 2.03. The van der Waals surface area contributed by atoms with E-state index in [1.54, 1.807) is 0 Å². The number of amides is 1. The Balaban J connectivity index is 1.62. The van der Waals surface area contributed by atoms with Gasteiger partial charge in [-0.2, -0.15) is 0 Å². The number of esters is 2. The standard InChI is InChI=1S/C22H24N2O6/c1-28-21(26)15-11-16(22(27)29-2)13-19(12-15)30-14-20(25)23-17-5-7-18(8-6-17)24-9-3-4-10-24/h5-8,11-13H,3-4,9-10,14H2,1-2H3,(H,23,25). The summed E-state index contributed by atoms with van der Waals surface area (Å²) in [6, 6.07) is 11.8. The van der Waals surface area contributed by atoms with Crippen molar-refractivity contribution < 1.29 is 28.6 Å². The van der Waals surface area contributed by atoms with Crippen molar-refractivity contribution in [1.82, 2.24) is 0 Å². The molecule has 1 N–H and O–H groups in total. The van der Waals surface area contributed by atoms with E-state index in [2.05, 4.69) is 19.7 Å². The Kier molecular flexibility index (Phi) is 6.90. The van der Waals surface area contributed by atoms with Gasteiger partial charge in [0.2, 0.25) is 0 Å². The zero-order valence-corrected chi connectivity index (χ0v) is 17.0. The van der Waals surface area contributed by atoms with Crippen LogP contribution in [-0.4, -0.2) is 51.8 Å². The summed E-state index contributed by atoms with van der Waals surface area (Å²) in [6.07, 6.45) is 2.40. The molecule has 8 heteroatoms. The van der Waals surface area contributed by atoms with Crippen LogP contribution in [0, 0.1) is 0 Å². The predicted octanol–water partition coefficient (Wildman–Crippen LogP) is 2.88. The van der Waals surface area contributed by atoms with Gasteiger partial charge in [-0.1, -0.05) is 0 Å². The molecule has 1 aliphatic rings. The quantitative estimate of drug-likeness (QED) is 0.699. The van der Waals surface area contributed by atoms with E-state index in [0.29, 0.717) is 5.69 Å². The van der Waals surface area contributed by atoms with Crippen LogP contribution in [0.15, 0.2) is 42.5 Å². The fraction of sp³-hybridized carbons (Fsp3) is 0.318. The van der Waals surface area contributed by atoms with E-state index in [9.17, 15) is 14.4 Å². The molecule has 0 bridgehead atoms. The Morgan fingerprint density at radius 3 is 2.00 bits per heavy atom. The number of nitrogens with zero attached hydrogens (tertiary/aromatic N) is 1. The summed E-state index contributed by atoms with van der Waals surface area (Å²) in [6.45, 7) is 1.81. The number of carbonyl (C=O) groups excluding carboxylic acids is 3. The number of hydrogen-bond donors (Lipinski definition) is 1. The average Bonchev–Trinajstić information content (AvgIpc) is 3.32. The minimum atomic E-state index is -0.631. The molecule has 8 nitrogen and oxygen atoms in total. The van der Waals surface area contributed by atoms with Gasteiger partial charge in [-0.25, -0.2) is 9.59 Å². The van der Waals surface area contributed by atoms with Crippen LogP contribution in [0.1, 0.15) is 33.6 Å². The van der Waals surface area contributed by atoms with Gasteiger partial charge in [-0.15, -0.1) is 0 Å². The first-order valence-corrected chi connectivity index (χ1v) is 9.59. The Morgan fingerprint density at radius 2 is 1.47 bits per heavy atom. The summed E-state index contributed by atoms with van der Waals surface area (Å²) in [7, 11) is 2.46. The Bertz CT molecular complexity index is 885. The van der Waals surface area contributed by atoms with Crippen LogP contribution in [0.25, 0.3) is 0 Å². The van der Waals surface area contributed by atoms with Gasteiger partial charge in [0.15, 0.2) is 6.61 Å². The topological polar surface area (TPSA) is 94.2 Å². The zero-order chi connectivity index (χ0) is 21.5. The van der Waals surface area contributed by atoms with E-state index in [1.165, 1.54) is 45.3 Å². The molecule has 0 atom stereocenters.